The number of nitrogens with zero attached hydrogens (tertiary/aromatic N) is 6. The summed E-state index contributed by atoms with van der Waals surface area (Å²) in [6.07, 6.45) is 5.64. The Labute approximate surface area is 147 Å². The number of carbonyl (C=O) groups excluding carboxylic acids is 1. The summed E-state index contributed by atoms with van der Waals surface area (Å²) < 4.78 is 1.77. The van der Waals surface area contributed by atoms with E-state index < -0.39 is 0 Å². The summed E-state index contributed by atoms with van der Waals surface area (Å²) in [5, 5.41) is 16.0. The number of rotatable bonds is 2. The van der Waals surface area contributed by atoms with Crippen molar-refractivity contribution in [2.45, 2.75) is 45.1 Å². The monoisotopic (exact) mass is 343 g/mol. The van der Waals surface area contributed by atoms with Crippen molar-refractivity contribution in [3.63, 3.8) is 0 Å². The van der Waals surface area contributed by atoms with Crippen LogP contribution in [0.5, 0.6) is 0 Å². The van der Waals surface area contributed by atoms with Gasteiger partial charge in [0.15, 0.2) is 11.5 Å². The number of amides is 2. The molecule has 0 atom stereocenters. The van der Waals surface area contributed by atoms with Gasteiger partial charge in [-0.25, -0.2) is 4.79 Å². The Kier molecular flexibility index (Phi) is 4.42. The lowest BCUT2D eigenvalue weighted by molar-refractivity contribution is 0.197. The largest absolute Gasteiger partial charge is 0.353 e. The summed E-state index contributed by atoms with van der Waals surface area (Å²) in [4.78, 5) is 16.7. The molecule has 1 saturated heterocycles. The molecule has 8 nitrogen and oxygen atoms in total. The van der Waals surface area contributed by atoms with Crippen LogP contribution in [-0.4, -0.2) is 63.0 Å². The summed E-state index contributed by atoms with van der Waals surface area (Å²) in [5.41, 5.74) is 0.758. The van der Waals surface area contributed by atoms with Gasteiger partial charge in [-0.3, -0.25) is 0 Å². The number of hydrogen-bond donors (Lipinski definition) is 1. The number of urea groups is 1. The number of hydrogen-bond acceptors (Lipinski definition) is 5. The molecule has 0 unspecified atom stereocenters. The highest BCUT2D eigenvalue weighted by Gasteiger charge is 2.23. The van der Waals surface area contributed by atoms with Gasteiger partial charge in [-0.1, -0.05) is 12.8 Å². The Morgan fingerprint density at radius 1 is 1.08 bits per heavy atom. The average molecular weight is 343 g/mol. The molecule has 4 rings (SSSR count). The maximum Gasteiger partial charge on any atom is 0.317 e. The minimum atomic E-state index is 0.0896. The zero-order valence-corrected chi connectivity index (χ0v) is 14.7. The van der Waals surface area contributed by atoms with E-state index in [4.69, 9.17) is 0 Å². The van der Waals surface area contributed by atoms with Crippen molar-refractivity contribution in [1.82, 2.24) is 30.0 Å². The highest BCUT2D eigenvalue weighted by atomic mass is 16.2. The van der Waals surface area contributed by atoms with Gasteiger partial charge >= 0.3 is 6.03 Å². The van der Waals surface area contributed by atoms with E-state index in [0.717, 1.165) is 62.7 Å². The Balaban J connectivity index is 1.41. The van der Waals surface area contributed by atoms with Crippen LogP contribution in [-0.2, 0) is 0 Å². The van der Waals surface area contributed by atoms with Gasteiger partial charge in [-0.2, -0.15) is 4.52 Å². The first kappa shape index (κ1) is 16.1. The molecular formula is C17H25N7O. The fourth-order valence-corrected chi connectivity index (χ4v) is 3.74. The van der Waals surface area contributed by atoms with Crippen molar-refractivity contribution in [2.75, 3.05) is 31.1 Å². The van der Waals surface area contributed by atoms with Crippen LogP contribution < -0.4 is 10.2 Å². The van der Waals surface area contributed by atoms with E-state index in [1.165, 1.54) is 12.8 Å². The molecule has 2 aromatic heterocycles. The van der Waals surface area contributed by atoms with Gasteiger partial charge in [0.1, 0.15) is 5.82 Å². The van der Waals surface area contributed by atoms with Gasteiger partial charge in [-0.15, -0.1) is 15.3 Å². The van der Waals surface area contributed by atoms with Crippen LogP contribution in [0.25, 0.3) is 5.65 Å². The van der Waals surface area contributed by atoms with E-state index in [9.17, 15) is 4.79 Å². The molecule has 0 spiro atoms. The molecule has 8 heteroatoms. The number of anilines is 1. The SMILES string of the molecule is Cc1nnc2ccc(N3CCCN(C(=O)NC4CCCC4)CC3)nn12. The van der Waals surface area contributed by atoms with Gasteiger partial charge in [-0.05, 0) is 38.3 Å². The number of aryl methyl sites for hydroxylation is 1. The van der Waals surface area contributed by atoms with Crippen LogP contribution >= 0.6 is 0 Å². The molecular weight excluding hydrogens is 318 g/mol. The van der Waals surface area contributed by atoms with E-state index in [0.29, 0.717) is 6.04 Å². The zero-order chi connectivity index (χ0) is 17.2. The third-order valence-corrected chi connectivity index (χ3v) is 5.19. The van der Waals surface area contributed by atoms with Crippen LogP contribution in [0.1, 0.15) is 37.9 Å². The molecule has 0 aromatic carbocycles. The van der Waals surface area contributed by atoms with Crippen LogP contribution in [0, 0.1) is 6.92 Å². The Hall–Kier alpha value is -2.38. The molecule has 3 heterocycles. The minimum absolute atomic E-state index is 0.0896. The van der Waals surface area contributed by atoms with Crippen molar-refractivity contribution < 1.29 is 4.79 Å². The molecule has 1 N–H and O–H groups in total. The molecule has 25 heavy (non-hydrogen) atoms. The summed E-state index contributed by atoms with van der Waals surface area (Å²) >= 11 is 0. The fourth-order valence-electron chi connectivity index (χ4n) is 3.74. The Bertz CT molecular complexity index is 753. The predicted molar refractivity (Wildman–Crippen MR) is 94.7 cm³/mol. The fraction of sp³-hybridized carbons (Fsp3) is 0.647. The highest BCUT2D eigenvalue weighted by molar-refractivity contribution is 5.74. The zero-order valence-electron chi connectivity index (χ0n) is 14.7. The van der Waals surface area contributed by atoms with E-state index in [1.807, 2.05) is 24.0 Å². The standard InChI is InChI=1S/C17H25N7O/c1-13-19-20-15-7-8-16(21-24(13)15)22-9-4-10-23(12-11-22)17(25)18-14-5-2-3-6-14/h7-8,14H,2-6,9-12H2,1H3,(H,18,25). The molecule has 2 aromatic rings. The third-order valence-electron chi connectivity index (χ3n) is 5.19. The lowest BCUT2D eigenvalue weighted by Gasteiger charge is -2.24. The first-order valence-corrected chi connectivity index (χ1v) is 9.20. The van der Waals surface area contributed by atoms with E-state index in [1.54, 1.807) is 4.52 Å². The van der Waals surface area contributed by atoms with Crippen molar-refractivity contribution in [1.29, 1.82) is 0 Å². The molecule has 0 bridgehead atoms. The predicted octanol–water partition coefficient (Wildman–Crippen LogP) is 1.60. The lowest BCUT2D eigenvalue weighted by atomic mass is 10.2. The molecule has 1 aliphatic heterocycles. The minimum Gasteiger partial charge on any atom is -0.353 e. The van der Waals surface area contributed by atoms with Crippen molar-refractivity contribution in [2.24, 2.45) is 0 Å². The molecule has 0 radical (unpaired) electrons. The van der Waals surface area contributed by atoms with Gasteiger partial charge in [0.05, 0.1) is 0 Å². The summed E-state index contributed by atoms with van der Waals surface area (Å²) in [6, 6.07) is 4.38. The highest BCUT2D eigenvalue weighted by Crippen LogP contribution is 2.19. The quantitative estimate of drug-likeness (QED) is 0.896. The number of fused-ring (bicyclic) bond motifs is 1. The number of aromatic nitrogens is 4. The van der Waals surface area contributed by atoms with Gasteiger partial charge < -0.3 is 15.1 Å². The van der Waals surface area contributed by atoms with Gasteiger partial charge in [0.25, 0.3) is 0 Å². The van der Waals surface area contributed by atoms with E-state index in [-0.39, 0.29) is 6.03 Å². The maximum atomic E-state index is 12.5. The topological polar surface area (TPSA) is 78.7 Å². The Morgan fingerprint density at radius 3 is 2.76 bits per heavy atom. The lowest BCUT2D eigenvalue weighted by Crippen LogP contribution is -2.45. The normalized spacial score (nSPS) is 19.4. The summed E-state index contributed by atoms with van der Waals surface area (Å²) in [7, 11) is 0. The van der Waals surface area contributed by atoms with Crippen LogP contribution in [0.3, 0.4) is 0 Å². The third kappa shape index (κ3) is 3.38. The molecule has 2 fully saturated rings. The van der Waals surface area contributed by atoms with E-state index in [2.05, 4.69) is 25.5 Å². The smallest absolute Gasteiger partial charge is 0.317 e. The molecule has 2 amide bonds. The summed E-state index contributed by atoms with van der Waals surface area (Å²) in [6.45, 7) is 5.10. The van der Waals surface area contributed by atoms with Gasteiger partial charge in [0.2, 0.25) is 0 Å². The number of carbonyl (C=O) groups is 1. The van der Waals surface area contributed by atoms with Gasteiger partial charge in [0, 0.05) is 32.2 Å². The van der Waals surface area contributed by atoms with Crippen LogP contribution in [0.15, 0.2) is 12.1 Å². The number of nitrogens with one attached hydrogen (secondary N) is 1. The molecule has 1 saturated carbocycles. The average Bonchev–Trinajstić information content (AvgIpc) is 3.18. The van der Waals surface area contributed by atoms with Crippen LogP contribution in [0.2, 0.25) is 0 Å². The summed E-state index contributed by atoms with van der Waals surface area (Å²) in [5.74, 6) is 1.69. The Morgan fingerprint density at radius 2 is 1.92 bits per heavy atom. The van der Waals surface area contributed by atoms with Crippen molar-refractivity contribution in [3.8, 4) is 0 Å². The second kappa shape index (κ2) is 6.85. The second-order valence-corrected chi connectivity index (χ2v) is 6.97. The molecule has 134 valence electrons. The van der Waals surface area contributed by atoms with E-state index >= 15 is 0 Å². The molecule has 1 aliphatic carbocycles. The first-order valence-electron chi connectivity index (χ1n) is 9.20. The second-order valence-electron chi connectivity index (χ2n) is 6.97. The van der Waals surface area contributed by atoms with Crippen molar-refractivity contribution in [3.05, 3.63) is 18.0 Å². The van der Waals surface area contributed by atoms with Crippen LogP contribution in [0.4, 0.5) is 10.6 Å². The molecule has 2 aliphatic rings. The van der Waals surface area contributed by atoms with Crippen molar-refractivity contribution >= 4 is 17.5 Å². The first-order chi connectivity index (χ1) is 12.2. The maximum absolute atomic E-state index is 12.5.